The number of carbonyl (C=O) groups is 2. The third-order valence-electron chi connectivity index (χ3n) is 4.20. The number of para-hydroxylation sites is 2. The van der Waals surface area contributed by atoms with E-state index >= 15 is 0 Å². The summed E-state index contributed by atoms with van der Waals surface area (Å²) in [5, 5.41) is 5.63. The monoisotopic (exact) mass is 396 g/mol. The average molecular weight is 396 g/mol. The van der Waals surface area contributed by atoms with Gasteiger partial charge >= 0.3 is 0 Å². The Hall–Kier alpha value is -3.39. The van der Waals surface area contributed by atoms with E-state index in [1.54, 1.807) is 16.7 Å². The van der Waals surface area contributed by atoms with E-state index in [2.05, 4.69) is 15.6 Å². The van der Waals surface area contributed by atoms with E-state index in [9.17, 15) is 9.59 Å². The Morgan fingerprint density at radius 1 is 1.07 bits per heavy atom. The van der Waals surface area contributed by atoms with E-state index in [0.717, 1.165) is 16.8 Å². The summed E-state index contributed by atoms with van der Waals surface area (Å²) in [6, 6.07) is 14.7. The minimum absolute atomic E-state index is 0.0293. The Kier molecular flexibility index (Phi) is 6.80. The van der Waals surface area contributed by atoms with E-state index in [1.807, 2.05) is 43.3 Å². The minimum Gasteiger partial charge on any atom is -0.494 e. The first-order valence-corrected chi connectivity index (χ1v) is 9.33. The predicted molar refractivity (Wildman–Crippen MR) is 110 cm³/mol. The Morgan fingerprint density at radius 2 is 1.83 bits per heavy atom. The first-order valence-electron chi connectivity index (χ1n) is 9.33. The topological polar surface area (TPSA) is 94.5 Å². The lowest BCUT2D eigenvalue weighted by molar-refractivity contribution is -0.124. The van der Waals surface area contributed by atoms with Crippen LogP contribution in [-0.2, 0) is 27.4 Å². The number of nitrogens with zero attached hydrogens (tertiary/aromatic N) is 2. The highest BCUT2D eigenvalue weighted by Gasteiger charge is 2.14. The van der Waals surface area contributed by atoms with Crippen molar-refractivity contribution in [1.82, 2.24) is 14.9 Å². The fourth-order valence-corrected chi connectivity index (χ4v) is 2.94. The van der Waals surface area contributed by atoms with Gasteiger partial charge in [0.25, 0.3) is 0 Å². The summed E-state index contributed by atoms with van der Waals surface area (Å²) in [5.41, 5.74) is 2.26. The van der Waals surface area contributed by atoms with Crippen LogP contribution in [0.4, 0.5) is 5.69 Å². The molecule has 0 saturated carbocycles. The molecule has 0 aliphatic carbocycles. The molecule has 8 nitrogen and oxygen atoms in total. The fourth-order valence-electron chi connectivity index (χ4n) is 2.94. The molecule has 1 heterocycles. The zero-order chi connectivity index (χ0) is 20.6. The Labute approximate surface area is 168 Å². The van der Waals surface area contributed by atoms with Crippen molar-refractivity contribution in [3.05, 3.63) is 54.4 Å². The van der Waals surface area contributed by atoms with Gasteiger partial charge in [-0.1, -0.05) is 12.1 Å². The SMILES string of the molecule is CCOc1ccc(NC(=O)Cn2c(CNC(=O)COC)nc3ccccc32)cc1. The van der Waals surface area contributed by atoms with Crippen LogP contribution in [0, 0.1) is 0 Å². The number of imidazole rings is 1. The number of methoxy groups -OCH3 is 1. The average Bonchev–Trinajstić information content (AvgIpc) is 3.06. The molecule has 2 amide bonds. The van der Waals surface area contributed by atoms with Crippen LogP contribution in [0.3, 0.4) is 0 Å². The first kappa shape index (κ1) is 20.3. The van der Waals surface area contributed by atoms with Crippen molar-refractivity contribution in [1.29, 1.82) is 0 Å². The molecule has 1 aromatic heterocycles. The highest BCUT2D eigenvalue weighted by atomic mass is 16.5. The van der Waals surface area contributed by atoms with E-state index in [4.69, 9.17) is 9.47 Å². The molecule has 0 saturated heterocycles. The highest BCUT2D eigenvalue weighted by molar-refractivity contribution is 5.91. The van der Waals surface area contributed by atoms with Gasteiger partial charge in [-0.25, -0.2) is 4.98 Å². The van der Waals surface area contributed by atoms with Gasteiger partial charge in [-0.2, -0.15) is 0 Å². The van der Waals surface area contributed by atoms with Crippen molar-refractivity contribution >= 4 is 28.5 Å². The van der Waals surface area contributed by atoms with Gasteiger partial charge in [-0.05, 0) is 43.3 Å². The molecule has 0 bridgehead atoms. The molecule has 0 spiro atoms. The molecule has 2 aromatic carbocycles. The summed E-state index contributed by atoms with van der Waals surface area (Å²) in [5.74, 6) is 0.907. The van der Waals surface area contributed by atoms with Crippen LogP contribution in [-0.4, -0.2) is 41.7 Å². The van der Waals surface area contributed by atoms with Crippen LogP contribution in [0.2, 0.25) is 0 Å². The first-order chi connectivity index (χ1) is 14.1. The Morgan fingerprint density at radius 3 is 2.55 bits per heavy atom. The number of rotatable bonds is 9. The number of ether oxygens (including phenoxy) is 2. The molecule has 3 rings (SSSR count). The lowest BCUT2D eigenvalue weighted by Gasteiger charge is -2.11. The van der Waals surface area contributed by atoms with E-state index in [0.29, 0.717) is 18.1 Å². The molecular formula is C21H24N4O4. The molecule has 0 fully saturated rings. The largest absolute Gasteiger partial charge is 0.494 e. The summed E-state index contributed by atoms with van der Waals surface area (Å²) in [4.78, 5) is 28.9. The third kappa shape index (κ3) is 5.32. The van der Waals surface area contributed by atoms with Crippen LogP contribution < -0.4 is 15.4 Å². The van der Waals surface area contributed by atoms with Gasteiger partial charge in [-0.15, -0.1) is 0 Å². The number of aromatic nitrogens is 2. The van der Waals surface area contributed by atoms with Crippen LogP contribution in [0.5, 0.6) is 5.75 Å². The standard InChI is InChI=1S/C21H24N4O4/c1-3-29-16-10-8-15(9-11-16)23-20(26)13-25-18-7-5-4-6-17(18)24-19(25)12-22-21(27)14-28-2/h4-11H,3,12-14H2,1-2H3,(H,22,27)(H,23,26). The summed E-state index contributed by atoms with van der Waals surface area (Å²) in [7, 11) is 1.46. The quantitative estimate of drug-likeness (QED) is 0.579. The summed E-state index contributed by atoms with van der Waals surface area (Å²) in [6.07, 6.45) is 0. The number of anilines is 1. The van der Waals surface area contributed by atoms with Crippen molar-refractivity contribution in [3.8, 4) is 5.75 Å². The Balaban J connectivity index is 1.74. The molecule has 3 aromatic rings. The van der Waals surface area contributed by atoms with Gasteiger partial charge in [0.2, 0.25) is 11.8 Å². The smallest absolute Gasteiger partial charge is 0.246 e. The van der Waals surface area contributed by atoms with Gasteiger partial charge in [0.05, 0.1) is 24.2 Å². The molecule has 2 N–H and O–H groups in total. The number of fused-ring (bicyclic) bond motifs is 1. The van der Waals surface area contributed by atoms with E-state index < -0.39 is 0 Å². The Bertz CT molecular complexity index is 982. The van der Waals surface area contributed by atoms with E-state index in [-0.39, 0.29) is 31.5 Å². The van der Waals surface area contributed by atoms with Crippen molar-refractivity contribution in [2.75, 3.05) is 25.6 Å². The summed E-state index contributed by atoms with van der Waals surface area (Å²) >= 11 is 0. The molecule has 0 aliphatic heterocycles. The lowest BCUT2D eigenvalue weighted by atomic mass is 10.3. The molecule has 0 aliphatic rings. The van der Waals surface area contributed by atoms with Gasteiger partial charge in [0, 0.05) is 12.8 Å². The predicted octanol–water partition coefficient (Wildman–Crippen LogP) is 2.34. The lowest BCUT2D eigenvalue weighted by Crippen LogP contribution is -2.29. The number of hydrogen-bond donors (Lipinski definition) is 2. The van der Waals surface area contributed by atoms with Crippen LogP contribution >= 0.6 is 0 Å². The zero-order valence-electron chi connectivity index (χ0n) is 16.5. The number of benzene rings is 2. The van der Waals surface area contributed by atoms with Crippen molar-refractivity contribution in [2.45, 2.75) is 20.0 Å². The maximum absolute atomic E-state index is 12.6. The number of hydrogen-bond acceptors (Lipinski definition) is 5. The molecule has 0 unspecified atom stereocenters. The van der Waals surface area contributed by atoms with Gasteiger partial charge in [-0.3, -0.25) is 9.59 Å². The van der Waals surface area contributed by atoms with Crippen LogP contribution in [0.15, 0.2) is 48.5 Å². The second kappa shape index (κ2) is 9.70. The zero-order valence-corrected chi connectivity index (χ0v) is 16.5. The molecule has 8 heteroatoms. The van der Waals surface area contributed by atoms with Gasteiger partial charge < -0.3 is 24.7 Å². The molecule has 0 radical (unpaired) electrons. The second-order valence-electron chi connectivity index (χ2n) is 6.32. The maximum atomic E-state index is 12.6. The van der Waals surface area contributed by atoms with Gasteiger partial charge in [0.15, 0.2) is 0 Å². The molecule has 0 atom stereocenters. The molecule has 152 valence electrons. The van der Waals surface area contributed by atoms with Crippen molar-refractivity contribution in [2.24, 2.45) is 0 Å². The molecule has 29 heavy (non-hydrogen) atoms. The second-order valence-corrected chi connectivity index (χ2v) is 6.32. The fraction of sp³-hybridized carbons (Fsp3) is 0.286. The molecular weight excluding hydrogens is 372 g/mol. The highest BCUT2D eigenvalue weighted by Crippen LogP contribution is 2.18. The summed E-state index contributed by atoms with van der Waals surface area (Å²) < 4.78 is 12.0. The maximum Gasteiger partial charge on any atom is 0.246 e. The van der Waals surface area contributed by atoms with Crippen LogP contribution in [0.1, 0.15) is 12.7 Å². The van der Waals surface area contributed by atoms with Crippen molar-refractivity contribution < 1.29 is 19.1 Å². The van der Waals surface area contributed by atoms with E-state index in [1.165, 1.54) is 7.11 Å². The number of amides is 2. The number of nitrogens with one attached hydrogen (secondary N) is 2. The van der Waals surface area contributed by atoms with Crippen molar-refractivity contribution in [3.63, 3.8) is 0 Å². The summed E-state index contributed by atoms with van der Waals surface area (Å²) in [6.45, 7) is 2.75. The third-order valence-corrected chi connectivity index (χ3v) is 4.20. The number of carbonyl (C=O) groups excluding carboxylic acids is 2. The minimum atomic E-state index is -0.245. The van der Waals surface area contributed by atoms with Gasteiger partial charge in [0.1, 0.15) is 24.7 Å². The van der Waals surface area contributed by atoms with Crippen LogP contribution in [0.25, 0.3) is 11.0 Å². The normalized spacial score (nSPS) is 10.7.